The molecule has 2 bridgehead atoms. The minimum absolute atomic E-state index is 0.0244. The Kier molecular flexibility index (Phi) is 5.23. The first-order valence-electron chi connectivity index (χ1n) is 11.9. The predicted octanol–water partition coefficient (Wildman–Crippen LogP) is 4.69. The number of hydrogen-bond donors (Lipinski definition) is 1. The molecule has 2 atom stereocenters. The van der Waals surface area contributed by atoms with Crippen LogP contribution < -0.4 is 5.32 Å². The summed E-state index contributed by atoms with van der Waals surface area (Å²) in [5, 5.41) is 4.06. The van der Waals surface area contributed by atoms with Gasteiger partial charge in [0.05, 0.1) is 6.42 Å². The van der Waals surface area contributed by atoms with Crippen molar-refractivity contribution in [3.05, 3.63) is 99.8 Å². The first kappa shape index (κ1) is 20.9. The van der Waals surface area contributed by atoms with E-state index in [2.05, 4.69) is 51.6 Å². The first-order chi connectivity index (χ1) is 16.1. The Morgan fingerprint density at radius 2 is 1.82 bits per heavy atom. The van der Waals surface area contributed by atoms with Crippen LogP contribution in [-0.2, 0) is 16.6 Å². The molecule has 1 saturated heterocycles. The molecule has 0 radical (unpaired) electrons. The van der Waals surface area contributed by atoms with E-state index in [-0.39, 0.29) is 17.4 Å². The van der Waals surface area contributed by atoms with E-state index >= 15 is 0 Å². The molecule has 5 heteroatoms. The number of nitrogens with one attached hydrogen (secondary N) is 1. The molecule has 2 heterocycles. The average Bonchev–Trinajstić information content (AvgIpc) is 3.32. The molecule has 168 valence electrons. The van der Waals surface area contributed by atoms with Crippen LogP contribution in [0.4, 0.5) is 0 Å². The molecule has 3 aromatic rings. The number of rotatable bonds is 5. The maximum Gasteiger partial charge on any atom is 0.226 e. The van der Waals surface area contributed by atoms with Gasteiger partial charge in [0.15, 0.2) is 0 Å². The van der Waals surface area contributed by atoms with E-state index in [9.17, 15) is 4.79 Å². The van der Waals surface area contributed by atoms with Crippen molar-refractivity contribution < 1.29 is 4.79 Å². The minimum atomic E-state index is 0.0244. The van der Waals surface area contributed by atoms with Crippen molar-refractivity contribution in [3.63, 3.8) is 0 Å². The molecule has 2 aromatic carbocycles. The van der Waals surface area contributed by atoms with E-state index in [0.29, 0.717) is 12.3 Å². The van der Waals surface area contributed by atoms with Gasteiger partial charge < -0.3 is 10.2 Å². The summed E-state index contributed by atoms with van der Waals surface area (Å²) in [5.74, 6) is 0.551. The SMILES string of the molecule is O=C(Cc1ccccn1)NC1CCN(CC23CC(c4ccccc42)c2ccc(Cl)cc23)CC1. The van der Waals surface area contributed by atoms with Crippen LogP contribution in [0.25, 0.3) is 0 Å². The van der Waals surface area contributed by atoms with E-state index in [0.717, 1.165) is 49.6 Å². The second-order valence-electron chi connectivity index (χ2n) is 9.77. The number of benzene rings is 2. The van der Waals surface area contributed by atoms with Crippen molar-refractivity contribution in [2.75, 3.05) is 19.6 Å². The third-order valence-corrected chi connectivity index (χ3v) is 8.06. The molecule has 2 unspecified atom stereocenters. The number of aromatic nitrogens is 1. The Hall–Kier alpha value is -2.69. The minimum Gasteiger partial charge on any atom is -0.353 e. The summed E-state index contributed by atoms with van der Waals surface area (Å²) < 4.78 is 0. The van der Waals surface area contributed by atoms with Gasteiger partial charge in [0.25, 0.3) is 0 Å². The Morgan fingerprint density at radius 1 is 1.03 bits per heavy atom. The Bertz CT molecular complexity index is 1190. The first-order valence-corrected chi connectivity index (χ1v) is 12.3. The molecule has 1 aromatic heterocycles. The highest BCUT2D eigenvalue weighted by molar-refractivity contribution is 6.30. The number of piperidine rings is 1. The van der Waals surface area contributed by atoms with Gasteiger partial charge in [-0.2, -0.15) is 0 Å². The van der Waals surface area contributed by atoms with Gasteiger partial charge in [-0.1, -0.05) is 48.0 Å². The number of halogens is 1. The predicted molar refractivity (Wildman–Crippen MR) is 131 cm³/mol. The van der Waals surface area contributed by atoms with Crippen LogP contribution in [0.2, 0.25) is 5.02 Å². The fraction of sp³-hybridized carbons (Fsp3) is 0.357. The van der Waals surface area contributed by atoms with E-state index in [1.165, 1.54) is 22.3 Å². The van der Waals surface area contributed by atoms with Crippen molar-refractivity contribution in [1.29, 1.82) is 0 Å². The van der Waals surface area contributed by atoms with Gasteiger partial charge in [-0.3, -0.25) is 9.78 Å². The molecule has 1 aliphatic heterocycles. The van der Waals surface area contributed by atoms with Crippen molar-refractivity contribution in [1.82, 2.24) is 15.2 Å². The summed E-state index contributed by atoms with van der Waals surface area (Å²) in [6.45, 7) is 3.01. The van der Waals surface area contributed by atoms with Crippen LogP contribution >= 0.6 is 11.6 Å². The zero-order valence-electron chi connectivity index (χ0n) is 18.6. The fourth-order valence-electron chi connectivity index (χ4n) is 6.38. The number of amides is 1. The van der Waals surface area contributed by atoms with E-state index in [1.807, 2.05) is 24.3 Å². The van der Waals surface area contributed by atoms with Gasteiger partial charge in [-0.05, 0) is 65.8 Å². The molecule has 1 amide bonds. The summed E-state index contributed by atoms with van der Waals surface area (Å²) in [6, 6.07) is 21.4. The van der Waals surface area contributed by atoms with E-state index in [4.69, 9.17) is 11.6 Å². The highest BCUT2D eigenvalue weighted by Gasteiger charge is 2.53. The zero-order valence-corrected chi connectivity index (χ0v) is 19.4. The number of likely N-dealkylation sites (tertiary alicyclic amines) is 1. The lowest BCUT2D eigenvalue weighted by atomic mass is 9.74. The second-order valence-corrected chi connectivity index (χ2v) is 10.2. The quantitative estimate of drug-likeness (QED) is 0.604. The largest absolute Gasteiger partial charge is 0.353 e. The van der Waals surface area contributed by atoms with Gasteiger partial charge >= 0.3 is 0 Å². The number of nitrogens with zero attached hydrogens (tertiary/aromatic N) is 2. The summed E-state index contributed by atoms with van der Waals surface area (Å²) >= 11 is 6.46. The van der Waals surface area contributed by atoms with Crippen LogP contribution in [0.5, 0.6) is 0 Å². The van der Waals surface area contributed by atoms with Gasteiger partial charge in [0, 0.05) is 53.9 Å². The lowest BCUT2D eigenvalue weighted by Crippen LogP contribution is -2.48. The maximum absolute atomic E-state index is 12.5. The van der Waals surface area contributed by atoms with E-state index in [1.54, 1.807) is 6.20 Å². The van der Waals surface area contributed by atoms with Crippen molar-refractivity contribution in [3.8, 4) is 0 Å². The molecule has 4 nitrogen and oxygen atoms in total. The lowest BCUT2D eigenvalue weighted by molar-refractivity contribution is -0.121. The van der Waals surface area contributed by atoms with Gasteiger partial charge in [-0.25, -0.2) is 0 Å². The molecular weight excluding hydrogens is 430 g/mol. The van der Waals surface area contributed by atoms with Crippen molar-refractivity contribution in [2.24, 2.45) is 0 Å². The van der Waals surface area contributed by atoms with Gasteiger partial charge in [0.1, 0.15) is 0 Å². The molecule has 0 saturated carbocycles. The third kappa shape index (κ3) is 3.66. The number of hydrogen-bond acceptors (Lipinski definition) is 3. The van der Waals surface area contributed by atoms with Crippen LogP contribution in [0.1, 0.15) is 53.1 Å². The molecule has 3 aliphatic rings. The highest BCUT2D eigenvalue weighted by atomic mass is 35.5. The van der Waals surface area contributed by atoms with Crippen LogP contribution in [-0.4, -0.2) is 41.5 Å². The number of fused-ring (bicyclic) bond motifs is 8. The number of pyridine rings is 1. The number of carbonyl (C=O) groups excluding carboxylic acids is 1. The molecule has 0 spiro atoms. The van der Waals surface area contributed by atoms with E-state index < -0.39 is 0 Å². The highest BCUT2D eigenvalue weighted by Crippen LogP contribution is 2.60. The Balaban J connectivity index is 1.15. The second kappa shape index (κ2) is 8.27. The van der Waals surface area contributed by atoms with Crippen molar-refractivity contribution in [2.45, 2.75) is 43.1 Å². The Morgan fingerprint density at radius 3 is 2.64 bits per heavy atom. The van der Waals surface area contributed by atoms with Gasteiger partial charge in [-0.15, -0.1) is 0 Å². The molecule has 33 heavy (non-hydrogen) atoms. The topological polar surface area (TPSA) is 45.2 Å². The lowest BCUT2D eigenvalue weighted by Gasteiger charge is -2.40. The zero-order chi connectivity index (χ0) is 22.4. The number of carbonyl (C=O) groups is 1. The third-order valence-electron chi connectivity index (χ3n) is 7.82. The molecular formula is C28H28ClN3O. The monoisotopic (exact) mass is 457 g/mol. The molecule has 2 aliphatic carbocycles. The van der Waals surface area contributed by atoms with Crippen LogP contribution in [0, 0.1) is 0 Å². The average molecular weight is 458 g/mol. The molecule has 1 fully saturated rings. The molecule has 1 N–H and O–H groups in total. The molecule has 6 rings (SSSR count). The maximum atomic E-state index is 12.5. The van der Waals surface area contributed by atoms with Crippen LogP contribution in [0.15, 0.2) is 66.9 Å². The van der Waals surface area contributed by atoms with Gasteiger partial charge in [0.2, 0.25) is 5.91 Å². The summed E-state index contributed by atoms with van der Waals surface area (Å²) in [6.07, 6.45) is 5.19. The standard InChI is InChI=1S/C28H28ClN3O/c29-19-8-9-23-24-17-28(26(23)15-19,25-7-2-1-6-22(24)25)18-32-13-10-20(11-14-32)31-27(33)16-21-5-3-4-12-30-21/h1-9,12,15,20,24H,10-11,13-14,16-18H2,(H,31,33). The smallest absolute Gasteiger partial charge is 0.226 e. The van der Waals surface area contributed by atoms with Crippen molar-refractivity contribution >= 4 is 17.5 Å². The summed E-state index contributed by atoms with van der Waals surface area (Å²) in [7, 11) is 0. The van der Waals surface area contributed by atoms with Crippen LogP contribution in [0.3, 0.4) is 0 Å². The Labute approximate surface area is 200 Å². The fourth-order valence-corrected chi connectivity index (χ4v) is 6.55. The normalized spacial score (nSPS) is 23.8. The summed E-state index contributed by atoms with van der Waals surface area (Å²) in [4.78, 5) is 19.3. The summed E-state index contributed by atoms with van der Waals surface area (Å²) in [5.41, 5.74) is 6.69.